The van der Waals surface area contributed by atoms with Gasteiger partial charge in [-0.1, -0.05) is 36.8 Å². The van der Waals surface area contributed by atoms with Crippen LogP contribution in [0, 0.1) is 0 Å². The summed E-state index contributed by atoms with van der Waals surface area (Å²) in [6.07, 6.45) is 11.8. The minimum atomic E-state index is -0.0599. The van der Waals surface area contributed by atoms with Crippen molar-refractivity contribution < 1.29 is 4.79 Å². The smallest absolute Gasteiger partial charge is 0.230 e. The molecule has 5 nitrogen and oxygen atoms in total. The zero-order valence-corrected chi connectivity index (χ0v) is 15.4. The lowest BCUT2D eigenvalue weighted by atomic mass is 10.1. The summed E-state index contributed by atoms with van der Waals surface area (Å²) < 4.78 is 1.86. The van der Waals surface area contributed by atoms with Crippen LogP contribution in [0.25, 0.3) is 0 Å². The van der Waals surface area contributed by atoms with Crippen LogP contribution in [0.4, 0.5) is 5.82 Å². The Morgan fingerprint density at radius 1 is 1.00 bits per heavy atom. The molecule has 0 saturated heterocycles. The van der Waals surface area contributed by atoms with Gasteiger partial charge in [0.05, 0.1) is 19.2 Å². The Hall–Kier alpha value is -2.95. The second kappa shape index (κ2) is 8.16. The van der Waals surface area contributed by atoms with Gasteiger partial charge in [-0.15, -0.1) is 0 Å². The molecule has 2 heterocycles. The number of aryl methyl sites for hydroxylation is 2. The Kier molecular flexibility index (Phi) is 5.28. The SMILES string of the molecule is O=C(Cc1cnn(Cc2ccccc2)c1)Nc1cc2c(cn1)CCCCC2. The van der Waals surface area contributed by atoms with Gasteiger partial charge in [-0.3, -0.25) is 9.48 Å². The molecule has 0 aliphatic heterocycles. The number of rotatable bonds is 5. The molecule has 2 aromatic heterocycles. The molecular formula is C22H24N4O. The lowest BCUT2D eigenvalue weighted by Gasteiger charge is -2.09. The molecule has 27 heavy (non-hydrogen) atoms. The van der Waals surface area contributed by atoms with Crippen molar-refractivity contribution in [3.63, 3.8) is 0 Å². The molecule has 0 bridgehead atoms. The Labute approximate surface area is 159 Å². The van der Waals surface area contributed by atoms with E-state index in [9.17, 15) is 4.79 Å². The topological polar surface area (TPSA) is 59.8 Å². The molecule has 0 saturated carbocycles. The molecule has 4 rings (SSSR count). The molecule has 5 heteroatoms. The van der Waals surface area contributed by atoms with Crippen molar-refractivity contribution in [2.24, 2.45) is 0 Å². The first-order valence-electron chi connectivity index (χ1n) is 9.59. The maximum atomic E-state index is 12.4. The second-order valence-corrected chi connectivity index (χ2v) is 7.16. The highest BCUT2D eigenvalue weighted by molar-refractivity contribution is 5.91. The van der Waals surface area contributed by atoms with Gasteiger partial charge < -0.3 is 5.32 Å². The van der Waals surface area contributed by atoms with Crippen molar-refractivity contribution >= 4 is 11.7 Å². The van der Waals surface area contributed by atoms with Crippen molar-refractivity contribution in [3.8, 4) is 0 Å². The molecule has 0 radical (unpaired) electrons. The molecule has 1 aromatic carbocycles. The fraction of sp³-hybridized carbons (Fsp3) is 0.318. The standard InChI is InChI=1S/C22H24N4O/c27-22(25-21-12-19-9-5-2-6-10-20(19)14-23-21)11-18-13-24-26(16-18)15-17-7-3-1-4-8-17/h1,3-4,7-8,12-14,16H,2,5-6,9-11,15H2,(H,23,25,27). The van der Waals surface area contributed by atoms with Crippen molar-refractivity contribution in [2.45, 2.75) is 45.1 Å². The summed E-state index contributed by atoms with van der Waals surface area (Å²) in [6, 6.07) is 12.2. The molecule has 1 amide bonds. The number of aromatic nitrogens is 3. The van der Waals surface area contributed by atoms with Gasteiger partial charge in [0.1, 0.15) is 5.82 Å². The average Bonchev–Trinajstić information content (AvgIpc) is 2.96. The van der Waals surface area contributed by atoms with E-state index in [1.54, 1.807) is 6.20 Å². The van der Waals surface area contributed by atoms with Gasteiger partial charge in [0.15, 0.2) is 0 Å². The molecule has 0 fully saturated rings. The van der Waals surface area contributed by atoms with E-state index in [4.69, 9.17) is 0 Å². The summed E-state index contributed by atoms with van der Waals surface area (Å²) in [6.45, 7) is 0.703. The fourth-order valence-electron chi connectivity index (χ4n) is 3.59. The Morgan fingerprint density at radius 3 is 2.67 bits per heavy atom. The fourth-order valence-corrected chi connectivity index (χ4v) is 3.59. The number of carbonyl (C=O) groups is 1. The molecule has 3 aromatic rings. The monoisotopic (exact) mass is 360 g/mol. The second-order valence-electron chi connectivity index (χ2n) is 7.16. The van der Waals surface area contributed by atoms with Gasteiger partial charge in [-0.05, 0) is 54.0 Å². The highest BCUT2D eigenvalue weighted by Gasteiger charge is 2.12. The van der Waals surface area contributed by atoms with Crippen LogP contribution in [-0.4, -0.2) is 20.7 Å². The molecule has 138 valence electrons. The molecule has 1 aliphatic carbocycles. The van der Waals surface area contributed by atoms with Gasteiger partial charge in [0.25, 0.3) is 0 Å². The number of benzene rings is 1. The van der Waals surface area contributed by atoms with E-state index in [0.717, 1.165) is 18.4 Å². The van der Waals surface area contributed by atoms with E-state index in [2.05, 4.69) is 27.5 Å². The maximum absolute atomic E-state index is 12.4. The van der Waals surface area contributed by atoms with Crippen LogP contribution in [0.15, 0.2) is 55.0 Å². The van der Waals surface area contributed by atoms with Crippen molar-refractivity contribution in [2.75, 3.05) is 5.32 Å². The van der Waals surface area contributed by atoms with E-state index in [1.807, 2.05) is 41.3 Å². The number of amides is 1. The van der Waals surface area contributed by atoms with Gasteiger partial charge in [-0.2, -0.15) is 5.10 Å². The summed E-state index contributed by atoms with van der Waals surface area (Å²) in [5, 5.41) is 7.29. The van der Waals surface area contributed by atoms with Crippen LogP contribution in [0.3, 0.4) is 0 Å². The largest absolute Gasteiger partial charge is 0.310 e. The minimum absolute atomic E-state index is 0.0599. The van der Waals surface area contributed by atoms with Crippen LogP contribution < -0.4 is 5.32 Å². The Balaban J connectivity index is 1.36. The number of hydrogen-bond acceptors (Lipinski definition) is 3. The molecule has 1 N–H and O–H groups in total. The van der Waals surface area contributed by atoms with Crippen LogP contribution in [0.1, 0.15) is 41.5 Å². The number of hydrogen-bond donors (Lipinski definition) is 1. The third-order valence-corrected chi connectivity index (χ3v) is 4.98. The average molecular weight is 360 g/mol. The van der Waals surface area contributed by atoms with Crippen molar-refractivity contribution in [3.05, 3.63) is 77.2 Å². The van der Waals surface area contributed by atoms with Crippen molar-refractivity contribution in [1.82, 2.24) is 14.8 Å². The molecule has 0 spiro atoms. The number of pyridine rings is 1. The van der Waals surface area contributed by atoms with E-state index < -0.39 is 0 Å². The van der Waals surface area contributed by atoms with E-state index in [1.165, 1.54) is 36.0 Å². The zero-order valence-electron chi connectivity index (χ0n) is 15.4. The van der Waals surface area contributed by atoms with E-state index in [-0.39, 0.29) is 5.91 Å². The molecular weight excluding hydrogens is 336 g/mol. The van der Waals surface area contributed by atoms with E-state index in [0.29, 0.717) is 18.8 Å². The zero-order chi connectivity index (χ0) is 18.5. The number of nitrogens with one attached hydrogen (secondary N) is 1. The Bertz CT molecular complexity index is 917. The van der Waals surface area contributed by atoms with Gasteiger partial charge >= 0.3 is 0 Å². The predicted octanol–water partition coefficient (Wildman–Crippen LogP) is 3.78. The molecule has 0 unspecified atom stereocenters. The van der Waals surface area contributed by atoms with E-state index >= 15 is 0 Å². The number of nitrogens with zero attached hydrogens (tertiary/aromatic N) is 3. The normalized spacial score (nSPS) is 13.6. The third kappa shape index (κ3) is 4.61. The number of anilines is 1. The van der Waals surface area contributed by atoms with Crippen LogP contribution >= 0.6 is 0 Å². The highest BCUT2D eigenvalue weighted by Crippen LogP contribution is 2.22. The summed E-state index contributed by atoms with van der Waals surface area (Å²) in [5.74, 6) is 0.590. The first-order chi connectivity index (χ1) is 13.3. The molecule has 1 aliphatic rings. The maximum Gasteiger partial charge on any atom is 0.230 e. The summed E-state index contributed by atoms with van der Waals surface area (Å²) in [4.78, 5) is 16.8. The first kappa shape index (κ1) is 17.5. The van der Waals surface area contributed by atoms with Gasteiger partial charge in [0, 0.05) is 12.4 Å². The lowest BCUT2D eigenvalue weighted by Crippen LogP contribution is -2.15. The highest BCUT2D eigenvalue weighted by atomic mass is 16.1. The van der Waals surface area contributed by atoms with Gasteiger partial charge in [0.2, 0.25) is 5.91 Å². The molecule has 0 atom stereocenters. The minimum Gasteiger partial charge on any atom is -0.310 e. The third-order valence-electron chi connectivity index (χ3n) is 4.98. The lowest BCUT2D eigenvalue weighted by molar-refractivity contribution is -0.115. The predicted molar refractivity (Wildman–Crippen MR) is 106 cm³/mol. The summed E-state index contributed by atoms with van der Waals surface area (Å²) in [7, 11) is 0. The quantitative estimate of drug-likeness (QED) is 0.705. The van der Waals surface area contributed by atoms with Gasteiger partial charge in [-0.25, -0.2) is 4.98 Å². The summed E-state index contributed by atoms with van der Waals surface area (Å²) >= 11 is 0. The number of carbonyl (C=O) groups excluding carboxylic acids is 1. The number of fused-ring (bicyclic) bond motifs is 1. The van der Waals surface area contributed by atoms with Crippen molar-refractivity contribution in [1.29, 1.82) is 0 Å². The summed E-state index contributed by atoms with van der Waals surface area (Å²) in [5.41, 5.74) is 4.74. The van der Waals surface area contributed by atoms with Crippen LogP contribution in [0.5, 0.6) is 0 Å². The van der Waals surface area contributed by atoms with Crippen LogP contribution in [-0.2, 0) is 30.6 Å². The Morgan fingerprint density at radius 2 is 1.81 bits per heavy atom. The van der Waals surface area contributed by atoms with Crippen LogP contribution in [0.2, 0.25) is 0 Å². The first-order valence-corrected chi connectivity index (χ1v) is 9.59.